The van der Waals surface area contributed by atoms with E-state index >= 15 is 0 Å². The lowest BCUT2D eigenvalue weighted by molar-refractivity contribution is 0.565. The zero-order valence-corrected chi connectivity index (χ0v) is 9.84. The Hall–Kier alpha value is -2.02. The molecular weight excluding hydrogens is 258 g/mol. The third kappa shape index (κ3) is 2.80. The van der Waals surface area contributed by atoms with E-state index in [2.05, 4.69) is 9.97 Å². The van der Waals surface area contributed by atoms with Gasteiger partial charge in [0.2, 0.25) is 0 Å². The first-order chi connectivity index (χ1) is 8.56. The number of halogens is 2. The SMILES string of the molecule is N=C(N)c1ccnc(Sc2ccc(F)cc2F)n1. The van der Waals surface area contributed by atoms with Gasteiger partial charge in [0.05, 0.1) is 4.90 Å². The number of nitrogens with zero attached hydrogens (tertiary/aromatic N) is 2. The molecule has 0 saturated heterocycles. The Morgan fingerprint density at radius 1 is 1.28 bits per heavy atom. The van der Waals surface area contributed by atoms with Crippen LogP contribution < -0.4 is 5.73 Å². The number of aromatic nitrogens is 2. The quantitative estimate of drug-likeness (QED) is 0.507. The first-order valence-corrected chi connectivity index (χ1v) is 5.68. The van der Waals surface area contributed by atoms with E-state index in [1.807, 2.05) is 0 Å². The van der Waals surface area contributed by atoms with Crippen molar-refractivity contribution in [1.29, 1.82) is 5.41 Å². The third-order valence-electron chi connectivity index (χ3n) is 2.00. The summed E-state index contributed by atoms with van der Waals surface area (Å²) in [5, 5.41) is 7.48. The lowest BCUT2D eigenvalue weighted by atomic mass is 10.3. The summed E-state index contributed by atoms with van der Waals surface area (Å²) in [6, 6.07) is 4.73. The van der Waals surface area contributed by atoms with E-state index in [1.54, 1.807) is 0 Å². The molecule has 0 saturated carbocycles. The van der Waals surface area contributed by atoms with E-state index in [0.717, 1.165) is 23.9 Å². The van der Waals surface area contributed by atoms with E-state index in [-0.39, 0.29) is 21.6 Å². The zero-order valence-electron chi connectivity index (χ0n) is 9.02. The molecule has 0 spiro atoms. The van der Waals surface area contributed by atoms with Crippen molar-refractivity contribution in [3.63, 3.8) is 0 Å². The Morgan fingerprint density at radius 2 is 2.06 bits per heavy atom. The Labute approximate surface area is 106 Å². The minimum atomic E-state index is -0.683. The molecule has 18 heavy (non-hydrogen) atoms. The summed E-state index contributed by atoms with van der Waals surface area (Å²) in [6.45, 7) is 0. The maximum absolute atomic E-state index is 13.4. The van der Waals surface area contributed by atoms with Gasteiger partial charge in [-0.1, -0.05) is 0 Å². The molecule has 0 aliphatic rings. The van der Waals surface area contributed by atoms with Crippen molar-refractivity contribution in [3.8, 4) is 0 Å². The van der Waals surface area contributed by atoms with Crippen molar-refractivity contribution < 1.29 is 8.78 Å². The molecule has 0 unspecified atom stereocenters. The summed E-state index contributed by atoms with van der Waals surface area (Å²) in [4.78, 5) is 8.10. The van der Waals surface area contributed by atoms with Gasteiger partial charge in [-0.05, 0) is 30.0 Å². The molecule has 0 fully saturated rings. The summed E-state index contributed by atoms with van der Waals surface area (Å²) in [7, 11) is 0. The Balaban J connectivity index is 2.28. The van der Waals surface area contributed by atoms with Crippen LogP contribution in [0.25, 0.3) is 0 Å². The number of hydrogen-bond donors (Lipinski definition) is 2. The van der Waals surface area contributed by atoms with Gasteiger partial charge in [-0.3, -0.25) is 5.41 Å². The molecule has 1 aromatic carbocycles. The first kappa shape index (κ1) is 12.4. The molecule has 0 aliphatic carbocycles. The van der Waals surface area contributed by atoms with Gasteiger partial charge in [0.25, 0.3) is 0 Å². The van der Waals surface area contributed by atoms with Crippen LogP contribution in [0.2, 0.25) is 0 Å². The fraction of sp³-hybridized carbons (Fsp3) is 0. The average molecular weight is 266 g/mol. The number of nitrogens with one attached hydrogen (secondary N) is 1. The minimum Gasteiger partial charge on any atom is -0.382 e. The predicted octanol–water partition coefficient (Wildman–Crippen LogP) is 2.19. The topological polar surface area (TPSA) is 75.7 Å². The van der Waals surface area contributed by atoms with Crippen molar-refractivity contribution in [2.45, 2.75) is 10.1 Å². The molecule has 92 valence electrons. The normalized spacial score (nSPS) is 10.3. The number of rotatable bonds is 3. The lowest BCUT2D eigenvalue weighted by Gasteiger charge is -2.03. The van der Waals surface area contributed by atoms with E-state index in [0.29, 0.717) is 0 Å². The molecule has 1 heterocycles. The number of nitrogens with two attached hydrogens (primary N) is 1. The van der Waals surface area contributed by atoms with Crippen molar-refractivity contribution in [2.24, 2.45) is 5.73 Å². The lowest BCUT2D eigenvalue weighted by Crippen LogP contribution is -2.13. The van der Waals surface area contributed by atoms with E-state index in [1.165, 1.54) is 18.3 Å². The molecule has 0 bridgehead atoms. The first-order valence-electron chi connectivity index (χ1n) is 4.86. The number of benzene rings is 1. The average Bonchev–Trinajstić information content (AvgIpc) is 2.33. The van der Waals surface area contributed by atoms with Gasteiger partial charge in [-0.15, -0.1) is 0 Å². The number of hydrogen-bond acceptors (Lipinski definition) is 4. The molecule has 0 amide bonds. The van der Waals surface area contributed by atoms with Gasteiger partial charge in [0.1, 0.15) is 23.2 Å². The van der Waals surface area contributed by atoms with Crippen molar-refractivity contribution in [1.82, 2.24) is 9.97 Å². The smallest absolute Gasteiger partial charge is 0.193 e. The molecule has 3 N–H and O–H groups in total. The fourth-order valence-electron chi connectivity index (χ4n) is 1.20. The number of amidine groups is 1. The number of nitrogen functional groups attached to an aromatic ring is 1. The maximum atomic E-state index is 13.4. The molecular formula is C11H8F2N4S. The van der Waals surface area contributed by atoms with Crippen molar-refractivity contribution in [2.75, 3.05) is 0 Å². The maximum Gasteiger partial charge on any atom is 0.193 e. The minimum absolute atomic E-state index is 0.196. The molecule has 2 rings (SSSR count). The van der Waals surface area contributed by atoms with Crippen LogP contribution in [-0.4, -0.2) is 15.8 Å². The van der Waals surface area contributed by atoms with E-state index in [9.17, 15) is 8.78 Å². The molecule has 0 aliphatic heterocycles. The van der Waals surface area contributed by atoms with Crippen LogP contribution in [0.1, 0.15) is 5.69 Å². The fourth-order valence-corrected chi connectivity index (χ4v) is 1.94. The van der Waals surface area contributed by atoms with Crippen LogP contribution in [0.5, 0.6) is 0 Å². The Kier molecular flexibility index (Phi) is 3.52. The standard InChI is InChI=1S/C11H8F2N4S/c12-6-1-2-9(7(13)5-6)18-11-16-4-3-8(17-11)10(14)15/h1-5H,(H3,14,15). The van der Waals surface area contributed by atoms with Crippen LogP contribution in [0.3, 0.4) is 0 Å². The highest BCUT2D eigenvalue weighted by Gasteiger charge is 2.08. The Bertz CT molecular complexity index is 603. The second kappa shape index (κ2) is 5.09. The van der Waals surface area contributed by atoms with Gasteiger partial charge in [-0.2, -0.15) is 0 Å². The van der Waals surface area contributed by atoms with Gasteiger partial charge < -0.3 is 5.73 Å². The van der Waals surface area contributed by atoms with Crippen molar-refractivity contribution >= 4 is 17.6 Å². The summed E-state index contributed by atoms with van der Waals surface area (Å²) in [6.07, 6.45) is 1.42. The molecule has 7 heteroatoms. The summed E-state index contributed by atoms with van der Waals surface area (Å²) in [5.74, 6) is -1.52. The second-order valence-electron chi connectivity index (χ2n) is 3.31. The molecule has 1 aromatic heterocycles. The summed E-state index contributed by atoms with van der Waals surface area (Å²) < 4.78 is 26.1. The predicted molar refractivity (Wildman–Crippen MR) is 63.5 cm³/mol. The van der Waals surface area contributed by atoms with E-state index < -0.39 is 11.6 Å². The summed E-state index contributed by atoms with van der Waals surface area (Å²) >= 11 is 0.938. The van der Waals surface area contributed by atoms with E-state index in [4.69, 9.17) is 11.1 Å². The Morgan fingerprint density at radius 3 is 2.72 bits per heavy atom. The molecule has 4 nitrogen and oxygen atoms in total. The van der Waals surface area contributed by atoms with Gasteiger partial charge in [0, 0.05) is 12.3 Å². The third-order valence-corrected chi connectivity index (χ3v) is 2.93. The molecule has 0 radical (unpaired) electrons. The van der Waals surface area contributed by atoms with Crippen LogP contribution in [0.15, 0.2) is 40.5 Å². The largest absolute Gasteiger partial charge is 0.382 e. The van der Waals surface area contributed by atoms with Crippen LogP contribution >= 0.6 is 11.8 Å². The second-order valence-corrected chi connectivity index (χ2v) is 4.32. The van der Waals surface area contributed by atoms with Crippen LogP contribution in [-0.2, 0) is 0 Å². The summed E-state index contributed by atoms with van der Waals surface area (Å²) in [5.41, 5.74) is 5.55. The highest BCUT2D eigenvalue weighted by Crippen LogP contribution is 2.27. The van der Waals surface area contributed by atoms with Crippen LogP contribution in [0, 0.1) is 17.0 Å². The highest BCUT2D eigenvalue weighted by atomic mass is 32.2. The highest BCUT2D eigenvalue weighted by molar-refractivity contribution is 7.99. The molecule has 0 atom stereocenters. The zero-order chi connectivity index (χ0) is 13.1. The monoisotopic (exact) mass is 266 g/mol. The van der Waals surface area contributed by atoms with Gasteiger partial charge in [-0.25, -0.2) is 18.7 Å². The van der Waals surface area contributed by atoms with Gasteiger partial charge in [0.15, 0.2) is 5.16 Å². The molecule has 2 aromatic rings. The van der Waals surface area contributed by atoms with Crippen LogP contribution in [0.4, 0.5) is 8.78 Å². The van der Waals surface area contributed by atoms with Crippen molar-refractivity contribution in [3.05, 3.63) is 47.8 Å². The van der Waals surface area contributed by atoms with Gasteiger partial charge >= 0.3 is 0 Å².